The molecule has 0 atom stereocenters. The summed E-state index contributed by atoms with van der Waals surface area (Å²) in [4.78, 5) is 31.9. The highest BCUT2D eigenvalue weighted by molar-refractivity contribution is 9.10. The second kappa shape index (κ2) is 4.57. The Bertz CT molecular complexity index is 867. The highest BCUT2D eigenvalue weighted by Crippen LogP contribution is 2.17. The van der Waals surface area contributed by atoms with E-state index in [0.717, 1.165) is 4.57 Å². The molecule has 0 saturated carbocycles. The van der Waals surface area contributed by atoms with Crippen molar-refractivity contribution in [1.29, 1.82) is 0 Å². The average Bonchev–Trinajstić information content (AvgIpc) is 2.74. The van der Waals surface area contributed by atoms with Crippen molar-refractivity contribution in [2.75, 3.05) is 5.73 Å². The first-order valence-corrected chi connectivity index (χ1v) is 6.29. The van der Waals surface area contributed by atoms with Gasteiger partial charge in [0, 0.05) is 5.69 Å². The third-order valence-electron chi connectivity index (χ3n) is 2.65. The first-order valence-electron chi connectivity index (χ1n) is 5.49. The summed E-state index contributed by atoms with van der Waals surface area (Å²) in [5.74, 6) is -1.42. The topological polar surface area (TPSA) is 104 Å². The van der Waals surface area contributed by atoms with E-state index in [1.54, 1.807) is 6.07 Å². The molecule has 2 aromatic heterocycles. The van der Waals surface area contributed by atoms with Crippen molar-refractivity contribution in [2.24, 2.45) is 0 Å². The summed E-state index contributed by atoms with van der Waals surface area (Å²) in [5.41, 5.74) is 6.68. The van der Waals surface area contributed by atoms with Gasteiger partial charge in [-0.15, -0.1) is 0 Å². The molecule has 2 N–H and O–H groups in total. The van der Waals surface area contributed by atoms with Gasteiger partial charge in [0.25, 0.3) is 5.91 Å². The van der Waals surface area contributed by atoms with Gasteiger partial charge in [0.2, 0.25) is 0 Å². The molecule has 8 heteroatoms. The summed E-state index contributed by atoms with van der Waals surface area (Å²) in [6.45, 7) is 0. The molecule has 7 nitrogen and oxygen atoms in total. The van der Waals surface area contributed by atoms with Crippen LogP contribution in [0.1, 0.15) is 10.5 Å². The zero-order chi connectivity index (χ0) is 14.3. The highest BCUT2D eigenvalue weighted by atomic mass is 79.9. The molecule has 0 unspecified atom stereocenters. The van der Waals surface area contributed by atoms with Crippen molar-refractivity contribution < 1.29 is 9.21 Å². The zero-order valence-electron chi connectivity index (χ0n) is 9.91. The maximum absolute atomic E-state index is 12.3. The number of hydrogen-bond acceptors (Lipinski definition) is 6. The van der Waals surface area contributed by atoms with Crippen LogP contribution in [0.5, 0.6) is 0 Å². The molecular formula is C12H7BrN4O3. The smallest absolute Gasteiger partial charge is 0.407 e. The van der Waals surface area contributed by atoms with E-state index in [0.29, 0.717) is 15.8 Å². The summed E-state index contributed by atoms with van der Waals surface area (Å²) in [5, 5.41) is 0. The molecule has 0 bridgehead atoms. The number of nitrogen functional groups attached to an aromatic ring is 1. The molecule has 0 amide bonds. The van der Waals surface area contributed by atoms with E-state index >= 15 is 0 Å². The Labute approximate surface area is 120 Å². The minimum Gasteiger partial charge on any atom is -0.407 e. The van der Waals surface area contributed by atoms with Gasteiger partial charge in [-0.3, -0.25) is 4.79 Å². The number of carbonyl (C=O) groups is 1. The fourth-order valence-electron chi connectivity index (χ4n) is 1.76. The summed E-state index contributed by atoms with van der Waals surface area (Å²) in [6.07, 6.45) is 2.64. The number of aromatic nitrogens is 3. The molecule has 3 rings (SSSR count). The second-order valence-corrected chi connectivity index (χ2v) is 4.77. The molecule has 0 aliphatic rings. The SMILES string of the molecule is Nc1ccc2oc(=O)n(C(=O)c3cnc(Br)cn3)c2c1. The van der Waals surface area contributed by atoms with E-state index in [9.17, 15) is 9.59 Å². The molecule has 0 aliphatic carbocycles. The molecule has 20 heavy (non-hydrogen) atoms. The Morgan fingerprint density at radius 2 is 2.10 bits per heavy atom. The third kappa shape index (κ3) is 1.99. The van der Waals surface area contributed by atoms with Crippen molar-refractivity contribution in [3.8, 4) is 0 Å². The van der Waals surface area contributed by atoms with Gasteiger partial charge >= 0.3 is 5.76 Å². The van der Waals surface area contributed by atoms with Gasteiger partial charge in [-0.1, -0.05) is 0 Å². The molecule has 1 aromatic carbocycles. The Kier molecular flexibility index (Phi) is 2.87. The minimum atomic E-state index is -0.791. The number of halogens is 1. The van der Waals surface area contributed by atoms with E-state index < -0.39 is 11.7 Å². The first kappa shape index (κ1) is 12.5. The van der Waals surface area contributed by atoms with Gasteiger partial charge in [0.15, 0.2) is 5.58 Å². The average molecular weight is 335 g/mol. The summed E-state index contributed by atoms with van der Waals surface area (Å²) >= 11 is 3.12. The van der Waals surface area contributed by atoms with E-state index in [-0.39, 0.29) is 11.3 Å². The van der Waals surface area contributed by atoms with E-state index in [1.807, 2.05) is 0 Å². The quantitative estimate of drug-likeness (QED) is 0.675. The third-order valence-corrected chi connectivity index (χ3v) is 3.06. The van der Waals surface area contributed by atoms with Crippen LogP contribution in [0.15, 0.2) is 44.4 Å². The van der Waals surface area contributed by atoms with Crippen LogP contribution in [0.4, 0.5) is 5.69 Å². The number of fused-ring (bicyclic) bond motifs is 1. The lowest BCUT2D eigenvalue weighted by atomic mass is 10.3. The van der Waals surface area contributed by atoms with E-state index in [1.165, 1.54) is 24.5 Å². The number of nitrogens with two attached hydrogens (primary N) is 1. The predicted octanol–water partition coefficient (Wildman–Crippen LogP) is 1.42. The summed E-state index contributed by atoms with van der Waals surface area (Å²) < 4.78 is 6.36. The van der Waals surface area contributed by atoms with Crippen LogP contribution < -0.4 is 11.5 Å². The second-order valence-electron chi connectivity index (χ2n) is 3.96. The Hall–Kier alpha value is -2.48. The molecule has 100 valence electrons. The number of anilines is 1. The summed E-state index contributed by atoms with van der Waals surface area (Å²) in [6, 6.07) is 4.60. The number of oxazole rings is 1. The van der Waals surface area contributed by atoms with Crippen LogP contribution in [-0.2, 0) is 0 Å². The van der Waals surface area contributed by atoms with Gasteiger partial charge in [0.1, 0.15) is 15.8 Å². The fraction of sp³-hybridized carbons (Fsp3) is 0. The normalized spacial score (nSPS) is 10.8. The molecule has 0 saturated heterocycles. The van der Waals surface area contributed by atoms with E-state index in [2.05, 4.69) is 25.9 Å². The van der Waals surface area contributed by atoms with E-state index in [4.69, 9.17) is 10.2 Å². The number of nitrogens with zero attached hydrogens (tertiary/aromatic N) is 3. The van der Waals surface area contributed by atoms with Gasteiger partial charge < -0.3 is 10.2 Å². The van der Waals surface area contributed by atoms with Gasteiger partial charge in [0.05, 0.1) is 12.4 Å². The van der Waals surface area contributed by atoms with Crippen molar-refractivity contribution in [3.05, 3.63) is 51.4 Å². The molecule has 0 fully saturated rings. The Morgan fingerprint density at radius 3 is 2.80 bits per heavy atom. The van der Waals surface area contributed by atoms with Crippen molar-refractivity contribution >= 4 is 38.6 Å². The predicted molar refractivity (Wildman–Crippen MR) is 74.3 cm³/mol. The number of benzene rings is 1. The van der Waals surface area contributed by atoms with Gasteiger partial charge in [-0.2, -0.15) is 0 Å². The maximum Gasteiger partial charge on any atom is 0.427 e. The molecular weight excluding hydrogens is 328 g/mol. The van der Waals surface area contributed by atoms with Crippen molar-refractivity contribution in [1.82, 2.24) is 14.5 Å². The molecule has 0 spiro atoms. The monoisotopic (exact) mass is 334 g/mol. The van der Waals surface area contributed by atoms with Crippen molar-refractivity contribution in [3.63, 3.8) is 0 Å². The number of carbonyl (C=O) groups excluding carboxylic acids is 1. The zero-order valence-corrected chi connectivity index (χ0v) is 11.5. The minimum absolute atomic E-state index is 0.0282. The first-order chi connectivity index (χ1) is 9.56. The maximum atomic E-state index is 12.3. The van der Waals surface area contributed by atoms with Crippen LogP contribution in [0.2, 0.25) is 0 Å². The van der Waals surface area contributed by atoms with Gasteiger partial charge in [-0.25, -0.2) is 19.3 Å². The Morgan fingerprint density at radius 1 is 1.30 bits per heavy atom. The van der Waals surface area contributed by atoms with Crippen LogP contribution in [0.3, 0.4) is 0 Å². The van der Waals surface area contributed by atoms with Gasteiger partial charge in [-0.05, 0) is 34.1 Å². The lowest BCUT2D eigenvalue weighted by molar-refractivity contribution is 0.0951. The molecule has 0 radical (unpaired) electrons. The van der Waals surface area contributed by atoms with Crippen LogP contribution in [-0.4, -0.2) is 20.4 Å². The number of rotatable bonds is 1. The van der Waals surface area contributed by atoms with Crippen LogP contribution >= 0.6 is 15.9 Å². The van der Waals surface area contributed by atoms with Crippen LogP contribution in [0, 0.1) is 0 Å². The van der Waals surface area contributed by atoms with Crippen molar-refractivity contribution in [2.45, 2.75) is 0 Å². The summed E-state index contributed by atoms with van der Waals surface area (Å²) in [7, 11) is 0. The largest absolute Gasteiger partial charge is 0.427 e. The van der Waals surface area contributed by atoms with Crippen LogP contribution in [0.25, 0.3) is 11.1 Å². The highest BCUT2D eigenvalue weighted by Gasteiger charge is 2.19. The Balaban J connectivity index is 2.21. The molecule has 3 aromatic rings. The fourth-order valence-corrected chi connectivity index (χ4v) is 1.97. The number of hydrogen-bond donors (Lipinski definition) is 1. The lowest BCUT2D eigenvalue weighted by Gasteiger charge is -2.00. The molecule has 0 aliphatic heterocycles. The lowest BCUT2D eigenvalue weighted by Crippen LogP contribution is -2.24. The standard InChI is InChI=1S/C12H7BrN4O3/c13-10-5-15-7(4-16-10)11(18)17-8-3-6(14)1-2-9(8)20-12(17)19/h1-5H,14H2. The molecule has 2 heterocycles.